The molecule has 1 aromatic heterocycles. The van der Waals surface area contributed by atoms with Gasteiger partial charge in [0, 0.05) is 25.4 Å². The Morgan fingerprint density at radius 2 is 2.28 bits per heavy atom. The summed E-state index contributed by atoms with van der Waals surface area (Å²) in [5.41, 5.74) is 0.919. The van der Waals surface area contributed by atoms with Crippen LogP contribution in [0.4, 0.5) is 0 Å². The third-order valence-corrected chi connectivity index (χ3v) is 2.69. The van der Waals surface area contributed by atoms with Crippen LogP contribution in [0.5, 0.6) is 5.88 Å². The number of hydrogen-bond acceptors (Lipinski definition) is 5. The van der Waals surface area contributed by atoms with Gasteiger partial charge in [-0.25, -0.2) is 4.98 Å². The van der Waals surface area contributed by atoms with E-state index < -0.39 is 0 Å². The van der Waals surface area contributed by atoms with Gasteiger partial charge >= 0.3 is 0 Å². The summed E-state index contributed by atoms with van der Waals surface area (Å²) >= 11 is 0. The lowest BCUT2D eigenvalue weighted by molar-refractivity contribution is 0.0630. The van der Waals surface area contributed by atoms with E-state index in [4.69, 9.17) is 9.47 Å². The fraction of sp³-hybridized carbons (Fsp3) is 0.692. The van der Waals surface area contributed by atoms with Gasteiger partial charge in [-0.1, -0.05) is 0 Å². The first-order chi connectivity index (χ1) is 8.78. The zero-order valence-electron chi connectivity index (χ0n) is 11.1. The maximum Gasteiger partial charge on any atom is 0.232 e. The summed E-state index contributed by atoms with van der Waals surface area (Å²) in [5.74, 6) is 0.567. The van der Waals surface area contributed by atoms with Gasteiger partial charge in [0.2, 0.25) is 5.88 Å². The molecule has 1 aromatic rings. The van der Waals surface area contributed by atoms with E-state index in [9.17, 15) is 0 Å². The Morgan fingerprint density at radius 1 is 1.44 bits per heavy atom. The number of nitrogens with one attached hydrogen (secondary N) is 1. The molecule has 0 saturated heterocycles. The highest BCUT2D eigenvalue weighted by Crippen LogP contribution is 2.19. The van der Waals surface area contributed by atoms with Crippen LogP contribution in [-0.2, 0) is 11.3 Å². The number of ether oxygens (including phenoxy) is 2. The minimum absolute atomic E-state index is 0.00843. The molecule has 1 atom stereocenters. The van der Waals surface area contributed by atoms with Crippen molar-refractivity contribution in [3.63, 3.8) is 0 Å². The summed E-state index contributed by atoms with van der Waals surface area (Å²) in [4.78, 5) is 8.57. The van der Waals surface area contributed by atoms with Crippen molar-refractivity contribution in [1.82, 2.24) is 15.3 Å². The van der Waals surface area contributed by atoms with Crippen LogP contribution >= 0.6 is 0 Å². The van der Waals surface area contributed by atoms with E-state index in [-0.39, 0.29) is 6.10 Å². The summed E-state index contributed by atoms with van der Waals surface area (Å²) in [7, 11) is 0. The van der Waals surface area contributed by atoms with E-state index in [0.717, 1.165) is 12.2 Å². The van der Waals surface area contributed by atoms with Crippen molar-refractivity contribution in [2.45, 2.75) is 45.4 Å². The van der Waals surface area contributed by atoms with Gasteiger partial charge in [0.05, 0.1) is 18.5 Å². The summed E-state index contributed by atoms with van der Waals surface area (Å²) in [6.07, 6.45) is 5.95. The van der Waals surface area contributed by atoms with Gasteiger partial charge in [0.15, 0.2) is 0 Å². The van der Waals surface area contributed by atoms with Crippen molar-refractivity contribution in [2.75, 3.05) is 13.2 Å². The Balaban J connectivity index is 1.81. The maximum absolute atomic E-state index is 5.65. The van der Waals surface area contributed by atoms with Gasteiger partial charge in [-0.15, -0.1) is 0 Å². The first-order valence-corrected chi connectivity index (χ1v) is 6.56. The Bertz CT molecular complexity index is 369. The van der Waals surface area contributed by atoms with Crippen molar-refractivity contribution >= 4 is 0 Å². The van der Waals surface area contributed by atoms with Crippen molar-refractivity contribution in [3.05, 3.63) is 18.1 Å². The summed E-state index contributed by atoms with van der Waals surface area (Å²) in [5, 5.41) is 3.40. The van der Waals surface area contributed by atoms with Gasteiger partial charge < -0.3 is 14.8 Å². The second-order valence-corrected chi connectivity index (χ2v) is 4.59. The van der Waals surface area contributed by atoms with E-state index >= 15 is 0 Å². The van der Waals surface area contributed by atoms with Gasteiger partial charge in [-0.2, -0.15) is 0 Å². The standard InChI is InChI=1S/C13H21N3O2/c1-3-17-9-10(2)18-13-8-14-6-12(16-13)7-15-11-4-5-11/h6,8,10-11,15H,3-5,7,9H2,1-2H3. The van der Waals surface area contributed by atoms with Gasteiger partial charge in [-0.05, 0) is 26.7 Å². The zero-order chi connectivity index (χ0) is 12.8. The minimum atomic E-state index is -0.00843. The monoisotopic (exact) mass is 251 g/mol. The van der Waals surface area contributed by atoms with Gasteiger partial charge in [0.25, 0.3) is 0 Å². The largest absolute Gasteiger partial charge is 0.471 e. The molecule has 0 aliphatic heterocycles. The molecular weight excluding hydrogens is 230 g/mol. The minimum Gasteiger partial charge on any atom is -0.471 e. The van der Waals surface area contributed by atoms with E-state index in [0.29, 0.717) is 25.1 Å². The Kier molecular flexibility index (Phi) is 4.90. The van der Waals surface area contributed by atoms with Crippen LogP contribution in [0.1, 0.15) is 32.4 Å². The quantitative estimate of drug-likeness (QED) is 0.759. The summed E-state index contributed by atoms with van der Waals surface area (Å²) in [6.45, 7) is 5.96. The molecule has 1 aliphatic carbocycles. The molecule has 1 unspecified atom stereocenters. The Hall–Kier alpha value is -1.20. The number of hydrogen-bond donors (Lipinski definition) is 1. The van der Waals surface area contributed by atoms with Crippen LogP contribution in [0.15, 0.2) is 12.4 Å². The number of aromatic nitrogens is 2. The fourth-order valence-corrected chi connectivity index (χ4v) is 1.59. The molecule has 1 N–H and O–H groups in total. The molecule has 1 fully saturated rings. The fourth-order valence-electron chi connectivity index (χ4n) is 1.59. The predicted molar refractivity (Wildman–Crippen MR) is 68.5 cm³/mol. The lowest BCUT2D eigenvalue weighted by Gasteiger charge is -2.13. The molecule has 1 saturated carbocycles. The molecule has 0 aromatic carbocycles. The normalized spacial score (nSPS) is 16.6. The number of rotatable bonds is 8. The van der Waals surface area contributed by atoms with Crippen molar-refractivity contribution in [2.24, 2.45) is 0 Å². The highest BCUT2D eigenvalue weighted by molar-refractivity contribution is 5.09. The molecule has 1 heterocycles. The summed E-state index contributed by atoms with van der Waals surface area (Å²) < 4.78 is 11.0. The highest BCUT2D eigenvalue weighted by Gasteiger charge is 2.20. The van der Waals surface area contributed by atoms with Crippen LogP contribution < -0.4 is 10.1 Å². The predicted octanol–water partition coefficient (Wildman–Crippen LogP) is 1.53. The van der Waals surface area contributed by atoms with Gasteiger partial charge in [0.1, 0.15) is 6.10 Å². The van der Waals surface area contributed by atoms with Crippen LogP contribution in [0.3, 0.4) is 0 Å². The summed E-state index contributed by atoms with van der Waals surface area (Å²) in [6, 6.07) is 0.674. The van der Waals surface area contributed by atoms with Crippen LogP contribution in [-0.4, -0.2) is 35.3 Å². The highest BCUT2D eigenvalue weighted by atomic mass is 16.5. The molecule has 0 spiro atoms. The second-order valence-electron chi connectivity index (χ2n) is 4.59. The molecule has 5 nitrogen and oxygen atoms in total. The molecular formula is C13H21N3O2. The Morgan fingerprint density at radius 3 is 3.00 bits per heavy atom. The molecule has 0 bridgehead atoms. The van der Waals surface area contributed by atoms with E-state index in [1.54, 1.807) is 12.4 Å². The van der Waals surface area contributed by atoms with E-state index in [1.165, 1.54) is 12.8 Å². The van der Waals surface area contributed by atoms with Gasteiger partial charge in [-0.3, -0.25) is 4.98 Å². The molecule has 1 aliphatic rings. The maximum atomic E-state index is 5.65. The third-order valence-electron chi connectivity index (χ3n) is 2.69. The van der Waals surface area contributed by atoms with E-state index in [1.807, 2.05) is 13.8 Å². The topological polar surface area (TPSA) is 56.3 Å². The van der Waals surface area contributed by atoms with Crippen molar-refractivity contribution < 1.29 is 9.47 Å². The lowest BCUT2D eigenvalue weighted by atomic mass is 10.4. The third kappa shape index (κ3) is 4.58. The average molecular weight is 251 g/mol. The van der Waals surface area contributed by atoms with Crippen molar-refractivity contribution in [1.29, 1.82) is 0 Å². The molecule has 5 heteroatoms. The second kappa shape index (κ2) is 6.66. The lowest BCUT2D eigenvalue weighted by Crippen LogP contribution is -2.21. The first kappa shape index (κ1) is 13.2. The average Bonchev–Trinajstić information content (AvgIpc) is 3.18. The number of nitrogens with zero attached hydrogens (tertiary/aromatic N) is 2. The zero-order valence-corrected chi connectivity index (χ0v) is 11.1. The first-order valence-electron chi connectivity index (χ1n) is 6.56. The Labute approximate surface area is 108 Å². The molecule has 18 heavy (non-hydrogen) atoms. The van der Waals surface area contributed by atoms with Crippen molar-refractivity contribution in [3.8, 4) is 5.88 Å². The SMILES string of the molecule is CCOCC(C)Oc1cncc(CNC2CC2)n1. The smallest absolute Gasteiger partial charge is 0.232 e. The van der Waals surface area contributed by atoms with Crippen LogP contribution in [0, 0.1) is 0 Å². The molecule has 0 amide bonds. The molecule has 100 valence electrons. The molecule has 2 rings (SSSR count). The van der Waals surface area contributed by atoms with Crippen LogP contribution in [0.2, 0.25) is 0 Å². The van der Waals surface area contributed by atoms with E-state index in [2.05, 4.69) is 15.3 Å². The van der Waals surface area contributed by atoms with Crippen LogP contribution in [0.25, 0.3) is 0 Å². The molecule has 0 radical (unpaired) electrons.